The Bertz CT molecular complexity index is 213. The van der Waals surface area contributed by atoms with Crippen LogP contribution in [0.4, 0.5) is 0 Å². The lowest BCUT2D eigenvalue weighted by atomic mass is 9.86. The largest absolute Gasteiger partial charge is 0.469 e. The Hall–Kier alpha value is -1.06. The number of nitrogens with zero attached hydrogens (tertiary/aromatic N) is 1. The van der Waals surface area contributed by atoms with Crippen LogP contribution in [0.1, 0.15) is 32.1 Å². The number of rotatable bonds is 2. The predicted octanol–water partition coefficient (Wildman–Crippen LogP) is 1.57. The van der Waals surface area contributed by atoms with Gasteiger partial charge in [-0.2, -0.15) is 0 Å². The van der Waals surface area contributed by atoms with Crippen LogP contribution in [0.25, 0.3) is 0 Å². The second kappa shape index (κ2) is 4.84. The van der Waals surface area contributed by atoms with Gasteiger partial charge in [-0.05, 0) is 31.6 Å². The van der Waals surface area contributed by atoms with Crippen LogP contribution in [0, 0.1) is 5.92 Å². The molecule has 0 bridgehead atoms. The van der Waals surface area contributed by atoms with Crippen LogP contribution in [0.15, 0.2) is 5.16 Å². The smallest absolute Gasteiger partial charge is 0.305 e. The third-order valence-corrected chi connectivity index (χ3v) is 2.43. The molecule has 1 fully saturated rings. The monoisotopic (exact) mass is 185 g/mol. The van der Waals surface area contributed by atoms with Crippen molar-refractivity contribution in [1.29, 1.82) is 0 Å². The van der Waals surface area contributed by atoms with Gasteiger partial charge >= 0.3 is 5.97 Å². The molecule has 1 unspecified atom stereocenters. The molecule has 1 aliphatic rings. The molecule has 1 saturated carbocycles. The van der Waals surface area contributed by atoms with Crippen molar-refractivity contribution in [1.82, 2.24) is 0 Å². The molecule has 4 heteroatoms. The van der Waals surface area contributed by atoms with Crippen molar-refractivity contribution in [3.63, 3.8) is 0 Å². The van der Waals surface area contributed by atoms with Gasteiger partial charge < -0.3 is 9.94 Å². The number of carbonyl (C=O) groups is 1. The van der Waals surface area contributed by atoms with E-state index in [-0.39, 0.29) is 5.97 Å². The second-order valence-corrected chi connectivity index (χ2v) is 3.41. The van der Waals surface area contributed by atoms with E-state index in [0.717, 1.165) is 31.4 Å². The van der Waals surface area contributed by atoms with E-state index in [1.54, 1.807) is 0 Å². The van der Waals surface area contributed by atoms with Crippen LogP contribution in [0.3, 0.4) is 0 Å². The fraction of sp³-hybridized carbons (Fsp3) is 0.778. The summed E-state index contributed by atoms with van der Waals surface area (Å²) in [6.45, 7) is 0. The summed E-state index contributed by atoms with van der Waals surface area (Å²) in [6.07, 6.45) is 4.05. The minimum Gasteiger partial charge on any atom is -0.469 e. The molecule has 0 amide bonds. The van der Waals surface area contributed by atoms with Crippen LogP contribution >= 0.6 is 0 Å². The molecule has 4 nitrogen and oxygen atoms in total. The highest BCUT2D eigenvalue weighted by molar-refractivity contribution is 5.85. The summed E-state index contributed by atoms with van der Waals surface area (Å²) in [7, 11) is 1.40. The molecule has 1 rings (SSSR count). The van der Waals surface area contributed by atoms with Gasteiger partial charge in [0.1, 0.15) is 0 Å². The van der Waals surface area contributed by atoms with E-state index in [0.29, 0.717) is 12.3 Å². The maximum Gasteiger partial charge on any atom is 0.305 e. The van der Waals surface area contributed by atoms with E-state index in [4.69, 9.17) is 5.21 Å². The lowest BCUT2D eigenvalue weighted by Gasteiger charge is -2.20. The number of ether oxygens (including phenoxy) is 1. The number of hydrogen-bond donors (Lipinski definition) is 1. The van der Waals surface area contributed by atoms with Gasteiger partial charge in [0.25, 0.3) is 0 Å². The van der Waals surface area contributed by atoms with E-state index in [9.17, 15) is 4.79 Å². The van der Waals surface area contributed by atoms with Gasteiger partial charge in [-0.3, -0.25) is 4.79 Å². The zero-order valence-electron chi connectivity index (χ0n) is 7.82. The highest BCUT2D eigenvalue weighted by Gasteiger charge is 2.21. The highest BCUT2D eigenvalue weighted by atomic mass is 16.5. The SMILES string of the molecule is COC(=O)CC1CCC/C(=N/O)C1. The average Bonchev–Trinajstić information content (AvgIpc) is 2.18. The Kier molecular flexibility index (Phi) is 3.73. The number of oxime groups is 1. The molecule has 0 saturated heterocycles. The van der Waals surface area contributed by atoms with Crippen LogP contribution < -0.4 is 0 Å². The molecule has 0 heterocycles. The molecule has 74 valence electrons. The Morgan fingerprint density at radius 1 is 1.77 bits per heavy atom. The summed E-state index contributed by atoms with van der Waals surface area (Å²) >= 11 is 0. The van der Waals surface area contributed by atoms with Gasteiger partial charge in [0.05, 0.1) is 12.8 Å². The first-order valence-corrected chi connectivity index (χ1v) is 4.53. The van der Waals surface area contributed by atoms with E-state index in [2.05, 4.69) is 9.89 Å². The molecule has 1 N–H and O–H groups in total. The molecule has 0 aromatic rings. The molecule has 0 aliphatic heterocycles. The van der Waals surface area contributed by atoms with E-state index >= 15 is 0 Å². The number of hydrogen-bond acceptors (Lipinski definition) is 4. The summed E-state index contributed by atoms with van der Waals surface area (Å²) < 4.78 is 4.58. The maximum atomic E-state index is 11.0. The normalized spacial score (nSPS) is 25.9. The van der Waals surface area contributed by atoms with Crippen molar-refractivity contribution in [2.75, 3.05) is 7.11 Å². The fourth-order valence-corrected chi connectivity index (χ4v) is 1.72. The van der Waals surface area contributed by atoms with Gasteiger partial charge in [-0.25, -0.2) is 0 Å². The average molecular weight is 185 g/mol. The Labute approximate surface area is 77.6 Å². The summed E-state index contributed by atoms with van der Waals surface area (Å²) in [5.74, 6) is 0.122. The van der Waals surface area contributed by atoms with Gasteiger partial charge in [-0.1, -0.05) is 5.16 Å². The van der Waals surface area contributed by atoms with Crippen molar-refractivity contribution in [2.24, 2.45) is 11.1 Å². The molecular formula is C9H15NO3. The molecule has 0 aromatic heterocycles. The summed E-state index contributed by atoms with van der Waals surface area (Å²) in [4.78, 5) is 11.0. The molecule has 0 radical (unpaired) electrons. The van der Waals surface area contributed by atoms with Crippen molar-refractivity contribution in [3.05, 3.63) is 0 Å². The van der Waals surface area contributed by atoms with Crippen LogP contribution in [0.5, 0.6) is 0 Å². The summed E-state index contributed by atoms with van der Waals surface area (Å²) in [6, 6.07) is 0. The molecule has 13 heavy (non-hydrogen) atoms. The molecular weight excluding hydrogens is 170 g/mol. The Morgan fingerprint density at radius 2 is 2.54 bits per heavy atom. The lowest BCUT2D eigenvalue weighted by Crippen LogP contribution is -2.18. The zero-order valence-corrected chi connectivity index (χ0v) is 7.82. The number of carbonyl (C=O) groups excluding carboxylic acids is 1. The first kappa shape index (κ1) is 10.0. The highest BCUT2D eigenvalue weighted by Crippen LogP contribution is 2.25. The lowest BCUT2D eigenvalue weighted by molar-refractivity contribution is -0.141. The van der Waals surface area contributed by atoms with Crippen molar-refractivity contribution in [3.8, 4) is 0 Å². The van der Waals surface area contributed by atoms with Gasteiger partial charge in [0.2, 0.25) is 0 Å². The molecule has 0 aromatic carbocycles. The molecule has 1 atom stereocenters. The van der Waals surface area contributed by atoms with Gasteiger partial charge in [0, 0.05) is 6.42 Å². The fourth-order valence-electron chi connectivity index (χ4n) is 1.72. The van der Waals surface area contributed by atoms with Crippen LogP contribution in [-0.2, 0) is 9.53 Å². The Morgan fingerprint density at radius 3 is 3.15 bits per heavy atom. The quantitative estimate of drug-likeness (QED) is 0.403. The minimum atomic E-state index is -0.177. The van der Waals surface area contributed by atoms with E-state index < -0.39 is 0 Å². The Balaban J connectivity index is 2.38. The zero-order chi connectivity index (χ0) is 9.68. The number of methoxy groups -OCH3 is 1. The van der Waals surface area contributed by atoms with Crippen molar-refractivity contribution in [2.45, 2.75) is 32.1 Å². The minimum absolute atomic E-state index is 0.177. The second-order valence-electron chi connectivity index (χ2n) is 3.41. The van der Waals surface area contributed by atoms with Crippen molar-refractivity contribution < 1.29 is 14.7 Å². The predicted molar refractivity (Wildman–Crippen MR) is 47.8 cm³/mol. The first-order chi connectivity index (χ1) is 6.26. The third kappa shape index (κ3) is 3.05. The maximum absolute atomic E-state index is 11.0. The first-order valence-electron chi connectivity index (χ1n) is 4.53. The van der Waals surface area contributed by atoms with Gasteiger partial charge in [-0.15, -0.1) is 0 Å². The summed E-state index contributed by atoms with van der Waals surface area (Å²) in [5, 5.41) is 11.8. The van der Waals surface area contributed by atoms with E-state index in [1.807, 2.05) is 0 Å². The van der Waals surface area contributed by atoms with Crippen LogP contribution in [0.2, 0.25) is 0 Å². The standard InChI is InChI=1S/C9H15NO3/c1-13-9(11)6-7-3-2-4-8(5-7)10-12/h7,12H,2-6H2,1H3/b10-8-. The molecule has 1 aliphatic carbocycles. The van der Waals surface area contributed by atoms with Crippen LogP contribution in [-0.4, -0.2) is 24.0 Å². The van der Waals surface area contributed by atoms with Gasteiger partial charge in [0.15, 0.2) is 0 Å². The number of esters is 1. The topological polar surface area (TPSA) is 58.9 Å². The third-order valence-electron chi connectivity index (χ3n) is 2.43. The summed E-state index contributed by atoms with van der Waals surface area (Å²) in [5.41, 5.74) is 0.806. The van der Waals surface area contributed by atoms with Crippen molar-refractivity contribution >= 4 is 11.7 Å². The molecule has 0 spiro atoms. The van der Waals surface area contributed by atoms with E-state index in [1.165, 1.54) is 7.11 Å².